The predicted molar refractivity (Wildman–Crippen MR) is 74.6 cm³/mol. The Kier molecular flexibility index (Phi) is 4.70. The van der Waals surface area contributed by atoms with Crippen molar-refractivity contribution in [3.63, 3.8) is 0 Å². The third-order valence-electron chi connectivity index (χ3n) is 3.47. The second-order valence-electron chi connectivity index (χ2n) is 5.07. The molecule has 22 heavy (non-hydrogen) atoms. The van der Waals surface area contributed by atoms with Crippen molar-refractivity contribution in [1.82, 2.24) is 5.32 Å². The van der Waals surface area contributed by atoms with Crippen molar-refractivity contribution < 1.29 is 22.8 Å². The molecule has 1 heterocycles. The van der Waals surface area contributed by atoms with Crippen LogP contribution in [0.15, 0.2) is 18.2 Å². The summed E-state index contributed by atoms with van der Waals surface area (Å²) in [6.45, 7) is 0.345. The minimum Gasteiger partial charge on any atom is -0.369 e. The predicted octanol–water partition coefficient (Wildman–Crippen LogP) is 1.17. The van der Waals surface area contributed by atoms with Crippen LogP contribution in [0.5, 0.6) is 0 Å². The van der Waals surface area contributed by atoms with Crippen LogP contribution in [0.4, 0.5) is 18.9 Å². The third-order valence-corrected chi connectivity index (χ3v) is 3.47. The Morgan fingerprint density at radius 1 is 1.45 bits per heavy atom. The number of carbonyl (C=O) groups excluding carboxylic acids is 2. The van der Waals surface area contributed by atoms with Crippen LogP contribution in [0.2, 0.25) is 0 Å². The molecule has 0 aromatic heterocycles. The fourth-order valence-corrected chi connectivity index (χ4v) is 2.52. The summed E-state index contributed by atoms with van der Waals surface area (Å²) in [5.41, 5.74) is 4.60. The van der Waals surface area contributed by atoms with E-state index in [0.29, 0.717) is 19.3 Å². The van der Waals surface area contributed by atoms with Crippen LogP contribution in [0.1, 0.15) is 22.3 Å². The number of alkyl halides is 3. The van der Waals surface area contributed by atoms with Crippen LogP contribution in [0.3, 0.4) is 0 Å². The van der Waals surface area contributed by atoms with Gasteiger partial charge in [0.05, 0.1) is 23.4 Å². The second-order valence-corrected chi connectivity index (χ2v) is 5.07. The Hall–Kier alpha value is -2.09. The maximum atomic E-state index is 13.2. The number of nitrogens with two attached hydrogens (primary N) is 1. The van der Waals surface area contributed by atoms with E-state index in [1.807, 2.05) is 0 Å². The molecule has 1 aromatic carbocycles. The van der Waals surface area contributed by atoms with E-state index in [1.54, 1.807) is 0 Å². The van der Waals surface area contributed by atoms with Gasteiger partial charge in [0.15, 0.2) is 0 Å². The molecule has 1 amide bonds. The van der Waals surface area contributed by atoms with Crippen LogP contribution < -0.4 is 16.0 Å². The number of hydrogen-bond acceptors (Lipinski definition) is 4. The lowest BCUT2D eigenvalue weighted by atomic mass is 10.0. The van der Waals surface area contributed by atoms with E-state index in [2.05, 4.69) is 5.32 Å². The Bertz CT molecular complexity index is 575. The first kappa shape index (κ1) is 16.3. The van der Waals surface area contributed by atoms with Gasteiger partial charge < -0.3 is 20.7 Å². The van der Waals surface area contributed by atoms with Gasteiger partial charge >= 0.3 is 6.18 Å². The van der Waals surface area contributed by atoms with Gasteiger partial charge in [0.25, 0.3) is 5.91 Å². The van der Waals surface area contributed by atoms with Gasteiger partial charge in [-0.15, -0.1) is 0 Å². The zero-order chi connectivity index (χ0) is 16.3. The van der Waals surface area contributed by atoms with E-state index in [9.17, 15) is 22.8 Å². The first-order valence-electron chi connectivity index (χ1n) is 6.77. The number of nitrogens with one attached hydrogen (secondary N) is 1. The van der Waals surface area contributed by atoms with Gasteiger partial charge in [-0.25, -0.2) is 0 Å². The molecule has 1 atom stereocenters. The van der Waals surface area contributed by atoms with Crippen molar-refractivity contribution in [2.24, 2.45) is 5.73 Å². The van der Waals surface area contributed by atoms with Gasteiger partial charge in [0.1, 0.15) is 6.29 Å². The number of carbonyl (C=O) groups is 2. The lowest BCUT2D eigenvalue weighted by Crippen LogP contribution is -2.32. The molecule has 120 valence electrons. The zero-order valence-electron chi connectivity index (χ0n) is 11.7. The third kappa shape index (κ3) is 3.38. The Morgan fingerprint density at radius 3 is 2.73 bits per heavy atom. The first-order valence-corrected chi connectivity index (χ1v) is 6.77. The van der Waals surface area contributed by atoms with Crippen molar-refractivity contribution in [3.05, 3.63) is 29.3 Å². The van der Waals surface area contributed by atoms with Crippen molar-refractivity contribution in [3.8, 4) is 0 Å². The maximum absolute atomic E-state index is 13.2. The molecule has 1 fully saturated rings. The summed E-state index contributed by atoms with van der Waals surface area (Å²) in [6, 6.07) is 3.20. The highest BCUT2D eigenvalue weighted by Gasteiger charge is 2.38. The fraction of sp³-hybridized carbons (Fsp3) is 0.429. The SMILES string of the molecule is N[C@H]1CCN(c2c(C(=O)NCC=O)cccc2C(F)(F)F)C1. The molecule has 2 rings (SSSR count). The topological polar surface area (TPSA) is 75.4 Å². The summed E-state index contributed by atoms with van der Waals surface area (Å²) < 4.78 is 39.7. The van der Waals surface area contributed by atoms with Gasteiger partial charge in [-0.1, -0.05) is 6.07 Å². The number of anilines is 1. The standard InChI is InChI=1S/C14H16F3N3O2/c15-14(16,17)11-3-1-2-10(13(22)19-5-7-21)12(11)20-6-4-9(18)8-20/h1-3,7,9H,4-6,8,18H2,(H,19,22)/t9-/m0/s1. The van der Waals surface area contributed by atoms with E-state index < -0.39 is 17.6 Å². The Labute approximate surface area is 125 Å². The summed E-state index contributed by atoms with van der Waals surface area (Å²) in [4.78, 5) is 23.9. The van der Waals surface area contributed by atoms with Crippen molar-refractivity contribution >= 4 is 17.9 Å². The smallest absolute Gasteiger partial charge is 0.369 e. The summed E-state index contributed by atoms with van der Waals surface area (Å²) >= 11 is 0. The van der Waals surface area contributed by atoms with E-state index in [4.69, 9.17) is 5.73 Å². The molecule has 0 radical (unpaired) electrons. The Morgan fingerprint density at radius 2 is 2.18 bits per heavy atom. The maximum Gasteiger partial charge on any atom is 0.418 e. The zero-order valence-corrected chi connectivity index (χ0v) is 11.7. The van der Waals surface area contributed by atoms with Crippen molar-refractivity contribution in [2.75, 3.05) is 24.5 Å². The minimum atomic E-state index is -4.58. The summed E-state index contributed by atoms with van der Waals surface area (Å²) in [5.74, 6) is -0.714. The van der Waals surface area contributed by atoms with Gasteiger partial charge in [0, 0.05) is 19.1 Å². The van der Waals surface area contributed by atoms with Crippen LogP contribution in [0.25, 0.3) is 0 Å². The molecule has 0 saturated carbocycles. The van der Waals surface area contributed by atoms with E-state index in [0.717, 1.165) is 6.07 Å². The molecular weight excluding hydrogens is 299 g/mol. The number of hydrogen-bond donors (Lipinski definition) is 2. The number of nitrogens with zero attached hydrogens (tertiary/aromatic N) is 1. The van der Waals surface area contributed by atoms with Crippen LogP contribution in [-0.4, -0.2) is 37.9 Å². The lowest BCUT2D eigenvalue weighted by molar-refractivity contribution is -0.137. The van der Waals surface area contributed by atoms with Crippen LogP contribution in [0, 0.1) is 0 Å². The number of halogens is 3. The number of para-hydroxylation sites is 1. The quantitative estimate of drug-likeness (QED) is 0.818. The number of rotatable bonds is 4. The lowest BCUT2D eigenvalue weighted by Gasteiger charge is -2.25. The van der Waals surface area contributed by atoms with Crippen LogP contribution >= 0.6 is 0 Å². The average molecular weight is 315 g/mol. The summed E-state index contributed by atoms with van der Waals surface area (Å²) in [5, 5.41) is 2.27. The number of benzene rings is 1. The molecular formula is C14H16F3N3O2. The minimum absolute atomic E-state index is 0.106. The summed E-state index contributed by atoms with van der Waals surface area (Å²) in [7, 11) is 0. The van der Waals surface area contributed by atoms with E-state index in [-0.39, 0.29) is 30.4 Å². The monoisotopic (exact) mass is 315 g/mol. The van der Waals surface area contributed by atoms with Crippen LogP contribution in [-0.2, 0) is 11.0 Å². The molecule has 3 N–H and O–H groups in total. The van der Waals surface area contributed by atoms with E-state index >= 15 is 0 Å². The first-order chi connectivity index (χ1) is 10.3. The second kappa shape index (κ2) is 6.35. The van der Waals surface area contributed by atoms with Gasteiger partial charge in [-0.05, 0) is 18.6 Å². The van der Waals surface area contributed by atoms with Gasteiger partial charge in [-0.2, -0.15) is 13.2 Å². The fourth-order valence-electron chi connectivity index (χ4n) is 2.52. The molecule has 1 saturated heterocycles. The van der Waals surface area contributed by atoms with Crippen molar-refractivity contribution in [2.45, 2.75) is 18.6 Å². The highest BCUT2D eigenvalue weighted by molar-refractivity contribution is 6.01. The molecule has 5 nitrogen and oxygen atoms in total. The Balaban J connectivity index is 2.48. The molecule has 0 unspecified atom stereocenters. The highest BCUT2D eigenvalue weighted by atomic mass is 19.4. The molecule has 1 aromatic rings. The normalized spacial score (nSPS) is 18.4. The van der Waals surface area contributed by atoms with Gasteiger partial charge in [0.2, 0.25) is 0 Å². The van der Waals surface area contributed by atoms with Gasteiger partial charge in [-0.3, -0.25) is 4.79 Å². The summed E-state index contributed by atoms with van der Waals surface area (Å²) in [6.07, 6.45) is -3.55. The number of aldehydes is 1. The highest BCUT2D eigenvalue weighted by Crippen LogP contribution is 2.39. The molecule has 1 aliphatic heterocycles. The molecule has 0 bridgehead atoms. The molecule has 0 spiro atoms. The largest absolute Gasteiger partial charge is 0.418 e. The molecule has 8 heteroatoms. The van der Waals surface area contributed by atoms with E-state index in [1.165, 1.54) is 17.0 Å². The molecule has 0 aliphatic carbocycles. The average Bonchev–Trinajstić information content (AvgIpc) is 2.89. The van der Waals surface area contributed by atoms with Crippen molar-refractivity contribution in [1.29, 1.82) is 0 Å². The number of amides is 1. The molecule has 1 aliphatic rings.